The number of aliphatic hydroxyl groups excluding tert-OH is 1. The fourth-order valence-corrected chi connectivity index (χ4v) is 1.69. The Labute approximate surface area is 109 Å². The fourth-order valence-electron chi connectivity index (χ4n) is 1.57. The van der Waals surface area contributed by atoms with E-state index in [-0.39, 0.29) is 6.10 Å². The van der Waals surface area contributed by atoms with Crippen molar-refractivity contribution < 1.29 is 9.84 Å². The predicted octanol–water partition coefficient (Wildman–Crippen LogP) is 3.91. The van der Waals surface area contributed by atoms with Crippen LogP contribution in [0.1, 0.15) is 33.1 Å². The molecule has 96 valence electrons. The van der Waals surface area contributed by atoms with Gasteiger partial charge in [-0.25, -0.2) is 0 Å². The van der Waals surface area contributed by atoms with E-state index in [1.54, 1.807) is 12.1 Å². The molecule has 1 aromatic carbocycles. The Kier molecular flexibility index (Phi) is 6.38. The molecular formula is C14H21ClO2. The molecule has 0 aromatic heterocycles. The highest BCUT2D eigenvalue weighted by Crippen LogP contribution is 2.16. The normalized spacial score (nSPS) is 12.8. The second-order valence-corrected chi connectivity index (χ2v) is 5.18. The third-order valence-corrected chi connectivity index (χ3v) is 2.83. The molecule has 1 N–H and O–H groups in total. The summed E-state index contributed by atoms with van der Waals surface area (Å²) in [7, 11) is 0. The van der Waals surface area contributed by atoms with Crippen LogP contribution in [0.25, 0.3) is 0 Å². The molecule has 0 aliphatic rings. The predicted molar refractivity (Wildman–Crippen MR) is 71.6 cm³/mol. The van der Waals surface area contributed by atoms with Gasteiger partial charge < -0.3 is 9.84 Å². The van der Waals surface area contributed by atoms with Gasteiger partial charge in [0.15, 0.2) is 0 Å². The lowest BCUT2D eigenvalue weighted by Gasteiger charge is -2.13. The van der Waals surface area contributed by atoms with Crippen LogP contribution in [0.2, 0.25) is 5.02 Å². The van der Waals surface area contributed by atoms with E-state index >= 15 is 0 Å². The number of hydrogen-bond donors (Lipinski definition) is 1. The van der Waals surface area contributed by atoms with Crippen molar-refractivity contribution in [2.75, 3.05) is 6.61 Å². The van der Waals surface area contributed by atoms with Gasteiger partial charge in [0.2, 0.25) is 0 Å². The summed E-state index contributed by atoms with van der Waals surface area (Å²) in [5, 5.41) is 10.4. The minimum Gasteiger partial charge on any atom is -0.491 e. The monoisotopic (exact) mass is 256 g/mol. The summed E-state index contributed by atoms with van der Waals surface area (Å²) in [6.45, 7) is 4.73. The van der Waals surface area contributed by atoms with Crippen LogP contribution in [-0.2, 0) is 0 Å². The Hall–Kier alpha value is -0.730. The lowest BCUT2D eigenvalue weighted by molar-refractivity contribution is 0.0968. The molecule has 3 heteroatoms. The van der Waals surface area contributed by atoms with Crippen molar-refractivity contribution in [3.63, 3.8) is 0 Å². The van der Waals surface area contributed by atoms with Crippen molar-refractivity contribution in [1.29, 1.82) is 0 Å². The molecule has 0 bridgehead atoms. The lowest BCUT2D eigenvalue weighted by atomic mass is 10.0. The number of hydrogen-bond acceptors (Lipinski definition) is 2. The first kappa shape index (κ1) is 14.3. The lowest BCUT2D eigenvalue weighted by Crippen LogP contribution is -2.17. The Morgan fingerprint density at radius 1 is 1.18 bits per heavy atom. The first-order valence-corrected chi connectivity index (χ1v) is 6.52. The zero-order valence-electron chi connectivity index (χ0n) is 10.5. The number of halogens is 1. The van der Waals surface area contributed by atoms with E-state index in [1.165, 1.54) is 0 Å². The largest absolute Gasteiger partial charge is 0.491 e. The fraction of sp³-hybridized carbons (Fsp3) is 0.571. The van der Waals surface area contributed by atoms with Gasteiger partial charge in [0.05, 0.1) is 6.10 Å². The molecule has 1 rings (SSSR count). The summed E-state index contributed by atoms with van der Waals surface area (Å²) in [4.78, 5) is 0. The van der Waals surface area contributed by atoms with Crippen LogP contribution < -0.4 is 4.74 Å². The Balaban J connectivity index is 2.19. The average Bonchev–Trinajstić information content (AvgIpc) is 2.28. The van der Waals surface area contributed by atoms with E-state index in [1.807, 2.05) is 12.1 Å². The van der Waals surface area contributed by atoms with Crippen molar-refractivity contribution in [1.82, 2.24) is 0 Å². The minimum atomic E-state index is -0.385. The van der Waals surface area contributed by atoms with Crippen molar-refractivity contribution in [3.8, 4) is 5.75 Å². The topological polar surface area (TPSA) is 29.5 Å². The Morgan fingerprint density at radius 2 is 1.82 bits per heavy atom. The van der Waals surface area contributed by atoms with Gasteiger partial charge >= 0.3 is 0 Å². The quantitative estimate of drug-likeness (QED) is 0.802. The van der Waals surface area contributed by atoms with Crippen LogP contribution in [0.4, 0.5) is 0 Å². The summed E-state index contributed by atoms with van der Waals surface area (Å²) < 4.78 is 5.47. The molecule has 1 aromatic rings. The SMILES string of the molecule is CC(C)CCCC(O)COc1ccc(Cl)cc1. The van der Waals surface area contributed by atoms with E-state index in [0.717, 1.165) is 25.0 Å². The summed E-state index contributed by atoms with van der Waals surface area (Å²) in [5.41, 5.74) is 0. The van der Waals surface area contributed by atoms with E-state index < -0.39 is 0 Å². The van der Waals surface area contributed by atoms with Gasteiger partial charge in [0, 0.05) is 5.02 Å². The van der Waals surface area contributed by atoms with Crippen molar-refractivity contribution in [2.24, 2.45) is 5.92 Å². The van der Waals surface area contributed by atoms with Gasteiger partial charge in [-0.15, -0.1) is 0 Å². The van der Waals surface area contributed by atoms with Gasteiger partial charge in [-0.3, -0.25) is 0 Å². The molecular weight excluding hydrogens is 236 g/mol. The average molecular weight is 257 g/mol. The molecule has 0 saturated heterocycles. The van der Waals surface area contributed by atoms with Crippen LogP contribution >= 0.6 is 11.6 Å². The Bertz CT molecular complexity index is 309. The maximum atomic E-state index is 9.73. The molecule has 0 fully saturated rings. The molecule has 0 spiro atoms. The highest BCUT2D eigenvalue weighted by Gasteiger charge is 2.05. The summed E-state index contributed by atoms with van der Waals surface area (Å²) in [6, 6.07) is 7.18. The van der Waals surface area contributed by atoms with Gasteiger partial charge in [-0.05, 0) is 36.6 Å². The molecule has 2 nitrogen and oxygen atoms in total. The molecule has 0 saturated carbocycles. The number of ether oxygens (including phenoxy) is 1. The van der Waals surface area contributed by atoms with E-state index in [4.69, 9.17) is 16.3 Å². The maximum Gasteiger partial charge on any atom is 0.119 e. The van der Waals surface area contributed by atoms with Gasteiger partial charge in [0.1, 0.15) is 12.4 Å². The minimum absolute atomic E-state index is 0.347. The molecule has 0 aliphatic carbocycles. The number of rotatable bonds is 7. The smallest absolute Gasteiger partial charge is 0.119 e. The zero-order valence-corrected chi connectivity index (χ0v) is 11.3. The highest BCUT2D eigenvalue weighted by atomic mass is 35.5. The highest BCUT2D eigenvalue weighted by molar-refractivity contribution is 6.30. The van der Waals surface area contributed by atoms with Crippen LogP contribution in [0.5, 0.6) is 5.75 Å². The van der Waals surface area contributed by atoms with Crippen molar-refractivity contribution in [2.45, 2.75) is 39.2 Å². The van der Waals surface area contributed by atoms with Gasteiger partial charge in [0.25, 0.3) is 0 Å². The molecule has 0 amide bonds. The molecule has 1 unspecified atom stereocenters. The van der Waals surface area contributed by atoms with E-state index in [0.29, 0.717) is 17.5 Å². The molecule has 17 heavy (non-hydrogen) atoms. The molecule has 0 heterocycles. The first-order valence-electron chi connectivity index (χ1n) is 6.14. The van der Waals surface area contributed by atoms with Crippen LogP contribution in [0, 0.1) is 5.92 Å². The van der Waals surface area contributed by atoms with Crippen molar-refractivity contribution in [3.05, 3.63) is 29.3 Å². The van der Waals surface area contributed by atoms with Crippen LogP contribution in [0.3, 0.4) is 0 Å². The summed E-state index contributed by atoms with van der Waals surface area (Å²) in [6.07, 6.45) is 2.61. The van der Waals surface area contributed by atoms with Gasteiger partial charge in [-0.1, -0.05) is 38.3 Å². The maximum absolute atomic E-state index is 9.73. The molecule has 0 radical (unpaired) electrons. The molecule has 1 atom stereocenters. The van der Waals surface area contributed by atoms with Crippen LogP contribution in [0.15, 0.2) is 24.3 Å². The molecule has 0 aliphatic heterocycles. The third kappa shape index (κ3) is 6.54. The van der Waals surface area contributed by atoms with E-state index in [9.17, 15) is 5.11 Å². The second-order valence-electron chi connectivity index (χ2n) is 4.74. The summed E-state index contributed by atoms with van der Waals surface area (Å²) >= 11 is 5.77. The Morgan fingerprint density at radius 3 is 2.41 bits per heavy atom. The van der Waals surface area contributed by atoms with E-state index in [2.05, 4.69) is 13.8 Å². The third-order valence-electron chi connectivity index (χ3n) is 2.57. The van der Waals surface area contributed by atoms with Crippen molar-refractivity contribution >= 4 is 11.6 Å². The zero-order chi connectivity index (χ0) is 12.7. The summed E-state index contributed by atoms with van der Waals surface area (Å²) in [5.74, 6) is 1.44. The standard InChI is InChI=1S/C14H21ClO2/c1-11(2)4-3-5-13(16)10-17-14-8-6-12(15)7-9-14/h6-9,11,13,16H,3-5,10H2,1-2H3. The number of aliphatic hydroxyl groups is 1. The van der Waals surface area contributed by atoms with Gasteiger partial charge in [-0.2, -0.15) is 0 Å². The van der Waals surface area contributed by atoms with Crippen LogP contribution in [-0.4, -0.2) is 17.8 Å². The second kappa shape index (κ2) is 7.57. The number of benzene rings is 1. The first-order chi connectivity index (χ1) is 8.08.